The maximum atomic E-state index is 12.3. The predicted molar refractivity (Wildman–Crippen MR) is 72.7 cm³/mol. The van der Waals surface area contributed by atoms with Crippen LogP contribution in [0.4, 0.5) is 0 Å². The number of carbonyl (C=O) groups excluding carboxylic acids is 1. The number of hydrogen-bond donors (Lipinski definition) is 1. The van der Waals surface area contributed by atoms with E-state index in [2.05, 4.69) is 6.92 Å². The van der Waals surface area contributed by atoms with Gasteiger partial charge in [0.05, 0.1) is 11.1 Å². The molecule has 2 aliphatic carbocycles. The Balaban J connectivity index is 1.79. The van der Waals surface area contributed by atoms with Gasteiger partial charge in [0, 0.05) is 5.41 Å². The number of ether oxygens (including phenoxy) is 1. The Morgan fingerprint density at radius 1 is 1.30 bits per heavy atom. The number of rotatable bonds is 3. The van der Waals surface area contributed by atoms with Crippen molar-refractivity contribution in [1.82, 2.24) is 0 Å². The number of carboxylic acids is 1. The Bertz CT molecular complexity index is 565. The lowest BCUT2D eigenvalue weighted by Gasteiger charge is -2.31. The third kappa shape index (κ3) is 2.09. The second kappa shape index (κ2) is 4.62. The minimum absolute atomic E-state index is 0.00538. The molecule has 0 radical (unpaired) electrons. The fraction of sp³-hybridized carbons (Fsp3) is 0.500. The van der Waals surface area contributed by atoms with Gasteiger partial charge in [-0.1, -0.05) is 19.1 Å². The smallest absolute Gasteiger partial charge is 0.339 e. The van der Waals surface area contributed by atoms with Crippen LogP contribution in [-0.2, 0) is 4.74 Å². The second-order valence-corrected chi connectivity index (χ2v) is 6.24. The van der Waals surface area contributed by atoms with E-state index in [4.69, 9.17) is 9.84 Å². The molecule has 106 valence electrons. The summed E-state index contributed by atoms with van der Waals surface area (Å²) in [7, 11) is 0. The van der Waals surface area contributed by atoms with E-state index in [-0.39, 0.29) is 22.6 Å². The van der Waals surface area contributed by atoms with Crippen LogP contribution in [0.25, 0.3) is 0 Å². The lowest BCUT2D eigenvalue weighted by molar-refractivity contribution is -0.00651. The molecule has 0 aromatic heterocycles. The van der Waals surface area contributed by atoms with Gasteiger partial charge in [-0.15, -0.1) is 0 Å². The predicted octanol–water partition coefficient (Wildman–Crippen LogP) is 3.12. The average Bonchev–Trinajstić information content (AvgIpc) is 2.94. The zero-order valence-corrected chi connectivity index (χ0v) is 11.5. The lowest BCUT2D eigenvalue weighted by Crippen LogP contribution is -2.32. The Morgan fingerprint density at radius 3 is 2.55 bits per heavy atom. The summed E-state index contributed by atoms with van der Waals surface area (Å²) in [6.45, 7) is 2.17. The van der Waals surface area contributed by atoms with Gasteiger partial charge < -0.3 is 9.84 Å². The molecule has 0 unspecified atom stereocenters. The third-order valence-electron chi connectivity index (χ3n) is 4.83. The topological polar surface area (TPSA) is 63.6 Å². The summed E-state index contributed by atoms with van der Waals surface area (Å²) in [5, 5.41) is 9.12. The van der Waals surface area contributed by atoms with Crippen molar-refractivity contribution in [1.29, 1.82) is 0 Å². The third-order valence-corrected chi connectivity index (χ3v) is 4.83. The molecule has 4 nitrogen and oxygen atoms in total. The van der Waals surface area contributed by atoms with Gasteiger partial charge in [-0.2, -0.15) is 0 Å². The fourth-order valence-corrected chi connectivity index (χ4v) is 3.71. The van der Waals surface area contributed by atoms with Gasteiger partial charge in [-0.25, -0.2) is 9.59 Å². The lowest BCUT2D eigenvalue weighted by atomic mass is 9.84. The molecule has 3 rings (SSSR count). The zero-order chi connectivity index (χ0) is 14.3. The maximum Gasteiger partial charge on any atom is 0.339 e. The normalized spacial score (nSPS) is 31.2. The Hall–Kier alpha value is -1.84. The van der Waals surface area contributed by atoms with E-state index in [1.807, 2.05) is 0 Å². The van der Waals surface area contributed by atoms with Gasteiger partial charge in [-0.3, -0.25) is 0 Å². The van der Waals surface area contributed by atoms with Crippen molar-refractivity contribution in [2.45, 2.75) is 38.7 Å². The fourth-order valence-electron chi connectivity index (χ4n) is 3.71. The molecule has 1 aromatic carbocycles. The molecular weight excluding hydrogens is 256 g/mol. The molecule has 1 N–H and O–H groups in total. The first-order valence-corrected chi connectivity index (χ1v) is 7.03. The number of hydrogen-bond acceptors (Lipinski definition) is 3. The minimum Gasteiger partial charge on any atom is -0.478 e. The largest absolute Gasteiger partial charge is 0.478 e. The molecule has 2 saturated carbocycles. The first-order valence-electron chi connectivity index (χ1n) is 7.03. The highest BCUT2D eigenvalue weighted by molar-refractivity contribution is 6.02. The van der Waals surface area contributed by atoms with Crippen LogP contribution in [0.2, 0.25) is 0 Å². The molecule has 0 saturated heterocycles. The maximum absolute atomic E-state index is 12.3. The van der Waals surface area contributed by atoms with Crippen molar-refractivity contribution in [3.8, 4) is 0 Å². The van der Waals surface area contributed by atoms with Gasteiger partial charge in [-0.05, 0) is 43.7 Å². The number of carbonyl (C=O) groups is 2. The second-order valence-electron chi connectivity index (χ2n) is 6.24. The van der Waals surface area contributed by atoms with Crippen molar-refractivity contribution in [2.75, 3.05) is 0 Å². The molecule has 0 amide bonds. The molecule has 2 aliphatic rings. The SMILES string of the molecule is C[C@@]12CC[C@H](C[C@@H]1OC(=O)c1ccccc1C(=O)O)C2. The van der Waals surface area contributed by atoms with E-state index in [0.29, 0.717) is 5.92 Å². The molecule has 0 heterocycles. The van der Waals surface area contributed by atoms with Gasteiger partial charge in [0.2, 0.25) is 0 Å². The van der Waals surface area contributed by atoms with Crippen LogP contribution in [0, 0.1) is 11.3 Å². The van der Waals surface area contributed by atoms with Crippen LogP contribution in [0.5, 0.6) is 0 Å². The van der Waals surface area contributed by atoms with E-state index in [0.717, 1.165) is 19.3 Å². The molecule has 4 heteroatoms. The quantitative estimate of drug-likeness (QED) is 0.860. The highest BCUT2D eigenvalue weighted by Gasteiger charge is 2.50. The molecule has 2 bridgehead atoms. The number of carboxylic acid groups (broad SMARTS) is 1. The van der Waals surface area contributed by atoms with E-state index in [9.17, 15) is 9.59 Å². The molecule has 0 aliphatic heterocycles. The monoisotopic (exact) mass is 274 g/mol. The van der Waals surface area contributed by atoms with Gasteiger partial charge in [0.15, 0.2) is 0 Å². The average molecular weight is 274 g/mol. The van der Waals surface area contributed by atoms with E-state index in [1.54, 1.807) is 12.1 Å². The van der Waals surface area contributed by atoms with Crippen LogP contribution in [0.1, 0.15) is 53.3 Å². The van der Waals surface area contributed by atoms with Crippen LogP contribution in [0.3, 0.4) is 0 Å². The van der Waals surface area contributed by atoms with E-state index >= 15 is 0 Å². The molecular formula is C16H18O4. The van der Waals surface area contributed by atoms with E-state index < -0.39 is 11.9 Å². The van der Waals surface area contributed by atoms with E-state index in [1.165, 1.54) is 18.6 Å². The molecule has 3 atom stereocenters. The molecule has 1 aromatic rings. The summed E-state index contributed by atoms with van der Waals surface area (Å²) in [5.41, 5.74) is 0.232. The number of esters is 1. The summed E-state index contributed by atoms with van der Waals surface area (Å²) in [6.07, 6.45) is 4.27. The summed E-state index contributed by atoms with van der Waals surface area (Å²) < 4.78 is 5.62. The Kier molecular flexibility index (Phi) is 3.04. The Labute approximate surface area is 117 Å². The van der Waals surface area contributed by atoms with Crippen molar-refractivity contribution < 1.29 is 19.4 Å². The number of benzene rings is 1. The molecule has 2 fully saturated rings. The molecule has 20 heavy (non-hydrogen) atoms. The Morgan fingerprint density at radius 2 is 2.00 bits per heavy atom. The highest BCUT2D eigenvalue weighted by Crippen LogP contribution is 2.55. The highest BCUT2D eigenvalue weighted by atomic mass is 16.5. The van der Waals surface area contributed by atoms with Crippen molar-refractivity contribution in [3.63, 3.8) is 0 Å². The first-order chi connectivity index (χ1) is 9.49. The number of fused-ring (bicyclic) bond motifs is 2. The number of aromatic carboxylic acids is 1. The van der Waals surface area contributed by atoms with Crippen LogP contribution >= 0.6 is 0 Å². The van der Waals surface area contributed by atoms with Gasteiger partial charge in [0.1, 0.15) is 6.10 Å². The molecule has 0 spiro atoms. The first kappa shape index (κ1) is 13.2. The van der Waals surface area contributed by atoms with Crippen LogP contribution in [0.15, 0.2) is 24.3 Å². The van der Waals surface area contributed by atoms with Crippen molar-refractivity contribution >= 4 is 11.9 Å². The van der Waals surface area contributed by atoms with Crippen molar-refractivity contribution in [2.24, 2.45) is 11.3 Å². The summed E-state index contributed by atoms with van der Waals surface area (Å²) in [5.74, 6) is -0.953. The summed E-state index contributed by atoms with van der Waals surface area (Å²) >= 11 is 0. The minimum atomic E-state index is -1.10. The summed E-state index contributed by atoms with van der Waals surface area (Å²) in [4.78, 5) is 23.4. The summed E-state index contributed by atoms with van der Waals surface area (Å²) in [6, 6.07) is 6.22. The van der Waals surface area contributed by atoms with Crippen LogP contribution < -0.4 is 0 Å². The van der Waals surface area contributed by atoms with Crippen LogP contribution in [-0.4, -0.2) is 23.1 Å². The van der Waals surface area contributed by atoms with Gasteiger partial charge in [0.25, 0.3) is 0 Å². The zero-order valence-electron chi connectivity index (χ0n) is 11.5. The van der Waals surface area contributed by atoms with Gasteiger partial charge >= 0.3 is 11.9 Å². The van der Waals surface area contributed by atoms with Crippen molar-refractivity contribution in [3.05, 3.63) is 35.4 Å². The standard InChI is InChI=1S/C16H18O4/c1-16-7-6-10(9-16)8-13(16)20-15(19)12-5-3-2-4-11(12)14(17)18/h2-5,10,13H,6-9H2,1H3,(H,17,18)/t10-,13+,16+/m1/s1.